The number of nitrogens with one attached hydrogen (secondary N) is 1. The second kappa shape index (κ2) is 7.24. The first kappa shape index (κ1) is 14.8. The summed E-state index contributed by atoms with van der Waals surface area (Å²) in [4.78, 5) is 20.0. The lowest BCUT2D eigenvalue weighted by Gasteiger charge is -2.26. The largest absolute Gasteiger partial charge is 0.465 e. The minimum atomic E-state index is -0.982. The summed E-state index contributed by atoms with van der Waals surface area (Å²) in [6.07, 6.45) is 5.04. The maximum atomic E-state index is 10.5. The Morgan fingerprint density at radius 3 is 2.81 bits per heavy atom. The van der Waals surface area contributed by atoms with Crippen LogP contribution in [0.3, 0.4) is 0 Å². The molecule has 1 amide bonds. The molecule has 0 atom stereocenters. The molecule has 110 valence electrons. The molecule has 1 aliphatic carbocycles. The van der Waals surface area contributed by atoms with Gasteiger partial charge in [0.2, 0.25) is 0 Å². The van der Waals surface area contributed by atoms with Crippen LogP contribution in [0, 0.1) is 11.3 Å². The number of carbonyl (C=O) groups is 1. The molecule has 0 radical (unpaired) electrons. The molecule has 2 N–H and O–H groups in total. The fourth-order valence-electron chi connectivity index (χ4n) is 2.21. The van der Waals surface area contributed by atoms with Crippen LogP contribution in [0.4, 0.5) is 4.79 Å². The van der Waals surface area contributed by atoms with E-state index in [4.69, 9.17) is 15.2 Å². The standard InChI is InChI=1S/C14H16N4O3/c15-7-10-1-2-12(16-8-10)9-17-21-13-5-3-11(4-6-13)18-14(19)20/h1-2,8-9,11,13,18H,3-6H2,(H,19,20)/b17-9+. The molecule has 1 saturated carbocycles. The molecule has 1 heterocycles. The molecule has 1 aliphatic rings. The summed E-state index contributed by atoms with van der Waals surface area (Å²) < 4.78 is 0. The van der Waals surface area contributed by atoms with Gasteiger partial charge in [-0.25, -0.2) is 4.79 Å². The highest BCUT2D eigenvalue weighted by atomic mass is 16.6. The Labute approximate surface area is 122 Å². The lowest BCUT2D eigenvalue weighted by molar-refractivity contribution is 0.0277. The van der Waals surface area contributed by atoms with Crippen molar-refractivity contribution in [3.05, 3.63) is 29.6 Å². The Kier molecular flexibility index (Phi) is 5.10. The summed E-state index contributed by atoms with van der Waals surface area (Å²) in [7, 11) is 0. The highest BCUT2D eigenvalue weighted by molar-refractivity contribution is 5.76. The van der Waals surface area contributed by atoms with E-state index in [1.165, 1.54) is 12.4 Å². The van der Waals surface area contributed by atoms with Crippen molar-refractivity contribution in [1.82, 2.24) is 10.3 Å². The topological polar surface area (TPSA) is 108 Å². The summed E-state index contributed by atoms with van der Waals surface area (Å²) in [6, 6.07) is 5.36. The molecule has 0 bridgehead atoms. The van der Waals surface area contributed by atoms with E-state index in [0.717, 1.165) is 25.7 Å². The van der Waals surface area contributed by atoms with Crippen molar-refractivity contribution < 1.29 is 14.7 Å². The van der Waals surface area contributed by atoms with Crippen molar-refractivity contribution >= 4 is 12.3 Å². The third kappa shape index (κ3) is 4.76. The van der Waals surface area contributed by atoms with E-state index in [1.807, 2.05) is 6.07 Å². The molecule has 0 unspecified atom stereocenters. The van der Waals surface area contributed by atoms with Crippen LogP contribution < -0.4 is 5.32 Å². The van der Waals surface area contributed by atoms with E-state index in [9.17, 15) is 4.79 Å². The Morgan fingerprint density at radius 1 is 1.48 bits per heavy atom. The zero-order chi connectivity index (χ0) is 15.1. The van der Waals surface area contributed by atoms with Crippen LogP contribution in [-0.2, 0) is 4.84 Å². The molecule has 0 aromatic carbocycles. The zero-order valence-electron chi connectivity index (χ0n) is 11.4. The molecule has 7 heteroatoms. The van der Waals surface area contributed by atoms with Crippen LogP contribution >= 0.6 is 0 Å². The van der Waals surface area contributed by atoms with Crippen LogP contribution in [0.2, 0.25) is 0 Å². The van der Waals surface area contributed by atoms with E-state index in [0.29, 0.717) is 11.3 Å². The summed E-state index contributed by atoms with van der Waals surface area (Å²) >= 11 is 0. The number of hydrogen-bond donors (Lipinski definition) is 2. The van der Waals surface area contributed by atoms with Gasteiger partial charge in [-0.3, -0.25) is 4.98 Å². The van der Waals surface area contributed by atoms with Gasteiger partial charge in [0.15, 0.2) is 0 Å². The van der Waals surface area contributed by atoms with Gasteiger partial charge in [-0.1, -0.05) is 5.16 Å². The van der Waals surface area contributed by atoms with Gasteiger partial charge in [0.1, 0.15) is 12.2 Å². The smallest absolute Gasteiger partial charge is 0.404 e. The highest BCUT2D eigenvalue weighted by Gasteiger charge is 2.23. The van der Waals surface area contributed by atoms with Crippen molar-refractivity contribution in [2.45, 2.75) is 37.8 Å². The van der Waals surface area contributed by atoms with E-state index < -0.39 is 6.09 Å². The molecule has 2 rings (SSSR count). The average Bonchev–Trinajstić information content (AvgIpc) is 2.49. The number of nitrogens with zero attached hydrogens (tertiary/aromatic N) is 3. The minimum Gasteiger partial charge on any atom is -0.465 e. The maximum absolute atomic E-state index is 10.5. The van der Waals surface area contributed by atoms with Gasteiger partial charge in [-0.2, -0.15) is 5.26 Å². The van der Waals surface area contributed by atoms with Gasteiger partial charge >= 0.3 is 6.09 Å². The van der Waals surface area contributed by atoms with Crippen LogP contribution in [0.5, 0.6) is 0 Å². The predicted molar refractivity (Wildman–Crippen MR) is 74.8 cm³/mol. The number of oxime groups is 1. The quantitative estimate of drug-likeness (QED) is 0.649. The fraction of sp³-hybridized carbons (Fsp3) is 0.429. The lowest BCUT2D eigenvalue weighted by Crippen LogP contribution is -2.37. The van der Waals surface area contributed by atoms with Gasteiger partial charge in [0.05, 0.1) is 17.5 Å². The predicted octanol–water partition coefficient (Wildman–Crippen LogP) is 1.88. The van der Waals surface area contributed by atoms with Crippen molar-refractivity contribution in [3.63, 3.8) is 0 Å². The fourth-order valence-corrected chi connectivity index (χ4v) is 2.21. The lowest BCUT2D eigenvalue weighted by atomic mass is 9.93. The average molecular weight is 288 g/mol. The Bertz CT molecular complexity index is 542. The van der Waals surface area contributed by atoms with E-state index in [2.05, 4.69) is 15.5 Å². The van der Waals surface area contributed by atoms with Crippen molar-refractivity contribution in [1.29, 1.82) is 5.26 Å². The van der Waals surface area contributed by atoms with Gasteiger partial charge in [-0.05, 0) is 37.8 Å². The number of carboxylic acid groups (broad SMARTS) is 1. The molecular formula is C14H16N4O3. The summed E-state index contributed by atoms with van der Waals surface area (Å²) in [6.45, 7) is 0. The number of rotatable bonds is 4. The van der Waals surface area contributed by atoms with Crippen LogP contribution in [0.1, 0.15) is 36.9 Å². The highest BCUT2D eigenvalue weighted by Crippen LogP contribution is 2.21. The Hall–Kier alpha value is -2.62. The number of amides is 1. The van der Waals surface area contributed by atoms with Crippen LogP contribution in [0.25, 0.3) is 0 Å². The molecule has 0 saturated heterocycles. The summed E-state index contributed by atoms with van der Waals surface area (Å²) in [5, 5.41) is 23.7. The maximum Gasteiger partial charge on any atom is 0.404 e. The van der Waals surface area contributed by atoms with Crippen molar-refractivity contribution in [2.75, 3.05) is 0 Å². The molecule has 21 heavy (non-hydrogen) atoms. The zero-order valence-corrected chi connectivity index (χ0v) is 11.4. The first-order chi connectivity index (χ1) is 10.2. The third-order valence-electron chi connectivity index (χ3n) is 3.31. The van der Waals surface area contributed by atoms with Gasteiger partial charge < -0.3 is 15.3 Å². The van der Waals surface area contributed by atoms with Crippen LogP contribution in [-0.4, -0.2) is 34.5 Å². The molecule has 1 aromatic rings. The summed E-state index contributed by atoms with van der Waals surface area (Å²) in [5.74, 6) is 0. The number of pyridine rings is 1. The van der Waals surface area contributed by atoms with Gasteiger partial charge in [0.25, 0.3) is 0 Å². The van der Waals surface area contributed by atoms with Crippen molar-refractivity contribution in [2.24, 2.45) is 5.16 Å². The Balaban J connectivity index is 1.75. The summed E-state index contributed by atoms with van der Waals surface area (Å²) in [5.41, 5.74) is 1.12. The molecule has 0 spiro atoms. The van der Waals surface area contributed by atoms with Crippen molar-refractivity contribution in [3.8, 4) is 6.07 Å². The van der Waals surface area contributed by atoms with E-state index in [-0.39, 0.29) is 12.1 Å². The number of aromatic nitrogens is 1. The molecular weight excluding hydrogens is 272 g/mol. The normalized spacial score (nSPS) is 21.7. The molecule has 1 fully saturated rings. The van der Waals surface area contributed by atoms with Gasteiger partial charge in [0, 0.05) is 12.2 Å². The monoisotopic (exact) mass is 288 g/mol. The molecule has 1 aromatic heterocycles. The number of nitriles is 1. The van der Waals surface area contributed by atoms with Crippen LogP contribution in [0.15, 0.2) is 23.5 Å². The second-order valence-electron chi connectivity index (χ2n) is 4.85. The second-order valence-corrected chi connectivity index (χ2v) is 4.85. The molecule has 0 aliphatic heterocycles. The van der Waals surface area contributed by atoms with E-state index in [1.54, 1.807) is 12.1 Å². The first-order valence-corrected chi connectivity index (χ1v) is 6.72. The minimum absolute atomic E-state index is 0.00600. The number of hydrogen-bond acceptors (Lipinski definition) is 5. The Morgan fingerprint density at radius 2 is 2.24 bits per heavy atom. The van der Waals surface area contributed by atoms with Gasteiger partial charge in [-0.15, -0.1) is 0 Å². The first-order valence-electron chi connectivity index (χ1n) is 6.72. The third-order valence-corrected chi connectivity index (χ3v) is 3.31. The SMILES string of the molecule is N#Cc1ccc(/C=N/OC2CCC(NC(=O)O)CC2)nc1. The molecule has 7 nitrogen and oxygen atoms in total. The van der Waals surface area contributed by atoms with E-state index >= 15 is 0 Å².